The molecule has 5 heteroatoms. The highest BCUT2D eigenvalue weighted by molar-refractivity contribution is 5.79. The van der Waals surface area contributed by atoms with Crippen molar-refractivity contribution in [3.8, 4) is 11.4 Å². The monoisotopic (exact) mass is 272 g/mol. The number of aromatic nitrogens is 2. The van der Waals surface area contributed by atoms with Crippen molar-refractivity contribution < 1.29 is 8.78 Å². The van der Waals surface area contributed by atoms with Crippen LogP contribution in [0.2, 0.25) is 0 Å². The van der Waals surface area contributed by atoms with E-state index in [0.717, 1.165) is 0 Å². The van der Waals surface area contributed by atoms with Gasteiger partial charge in [0.15, 0.2) is 0 Å². The summed E-state index contributed by atoms with van der Waals surface area (Å²) >= 11 is 0. The summed E-state index contributed by atoms with van der Waals surface area (Å²) < 4.78 is 25.0. The molecule has 0 saturated carbocycles. The number of para-hydroxylation sites is 1. The number of hydrogen-bond donors (Lipinski definition) is 1. The molecule has 0 radical (unpaired) electrons. The average molecular weight is 272 g/mol. The Hall–Kier alpha value is -2.56. The summed E-state index contributed by atoms with van der Waals surface area (Å²) in [6.45, 7) is 0. The molecule has 3 rings (SSSR count). The van der Waals surface area contributed by atoms with Crippen LogP contribution in [0.1, 0.15) is 12.0 Å². The normalized spacial score (nSPS) is 11.2. The van der Waals surface area contributed by atoms with Crippen LogP contribution in [0, 0.1) is 0 Å². The second-order valence-electron chi connectivity index (χ2n) is 4.35. The van der Waals surface area contributed by atoms with E-state index in [1.54, 1.807) is 24.3 Å². The Bertz CT molecular complexity index is 810. The third-order valence-corrected chi connectivity index (χ3v) is 3.05. The molecule has 0 spiro atoms. The van der Waals surface area contributed by atoms with Gasteiger partial charge < -0.3 is 4.98 Å². The maximum atomic E-state index is 12.5. The molecule has 0 fully saturated rings. The van der Waals surface area contributed by atoms with Crippen molar-refractivity contribution in [1.29, 1.82) is 0 Å². The largest absolute Gasteiger partial charge is 0.306 e. The Morgan fingerprint density at radius 1 is 1.00 bits per heavy atom. The van der Waals surface area contributed by atoms with E-state index in [0.29, 0.717) is 22.3 Å². The molecule has 2 aromatic carbocycles. The van der Waals surface area contributed by atoms with Crippen molar-refractivity contribution in [2.75, 3.05) is 0 Å². The van der Waals surface area contributed by atoms with Crippen LogP contribution in [0.5, 0.6) is 0 Å². The summed E-state index contributed by atoms with van der Waals surface area (Å²) in [5.74, 6) is 0.370. The molecule has 20 heavy (non-hydrogen) atoms. The Labute approximate surface area is 112 Å². The van der Waals surface area contributed by atoms with Gasteiger partial charge in [-0.1, -0.05) is 36.4 Å². The lowest BCUT2D eigenvalue weighted by molar-refractivity contribution is 0.151. The van der Waals surface area contributed by atoms with Crippen molar-refractivity contribution in [3.63, 3.8) is 0 Å². The lowest BCUT2D eigenvalue weighted by Gasteiger charge is -2.04. The van der Waals surface area contributed by atoms with Gasteiger partial charge in [0, 0.05) is 11.1 Å². The minimum atomic E-state index is -2.51. The van der Waals surface area contributed by atoms with E-state index < -0.39 is 6.43 Å². The molecule has 0 aliphatic rings. The molecule has 100 valence electrons. The first kappa shape index (κ1) is 12.5. The van der Waals surface area contributed by atoms with Gasteiger partial charge in [-0.3, -0.25) is 4.79 Å². The minimum absolute atomic E-state index is 0.0584. The molecule has 3 aromatic rings. The van der Waals surface area contributed by atoms with E-state index in [-0.39, 0.29) is 11.1 Å². The second kappa shape index (κ2) is 4.85. The quantitative estimate of drug-likeness (QED) is 0.775. The maximum absolute atomic E-state index is 12.5. The predicted octanol–water partition coefficient (Wildman–Crippen LogP) is 3.53. The first-order valence-corrected chi connectivity index (χ1v) is 6.03. The van der Waals surface area contributed by atoms with Gasteiger partial charge in [0.1, 0.15) is 5.82 Å². The summed E-state index contributed by atoms with van der Waals surface area (Å²) in [6, 6.07) is 12.7. The van der Waals surface area contributed by atoms with Crippen molar-refractivity contribution in [1.82, 2.24) is 9.97 Å². The Kier molecular flexibility index (Phi) is 3.02. The van der Waals surface area contributed by atoms with Gasteiger partial charge in [-0.2, -0.15) is 0 Å². The highest BCUT2D eigenvalue weighted by atomic mass is 19.3. The zero-order valence-corrected chi connectivity index (χ0v) is 10.3. The van der Waals surface area contributed by atoms with Crippen molar-refractivity contribution in [2.24, 2.45) is 0 Å². The first-order chi connectivity index (χ1) is 9.65. The third-order valence-electron chi connectivity index (χ3n) is 3.05. The molecule has 3 nitrogen and oxygen atoms in total. The van der Waals surface area contributed by atoms with E-state index in [1.165, 1.54) is 24.3 Å². The third kappa shape index (κ3) is 2.18. The summed E-state index contributed by atoms with van der Waals surface area (Å²) in [7, 11) is 0. The van der Waals surface area contributed by atoms with Crippen molar-refractivity contribution in [3.05, 3.63) is 64.4 Å². The van der Waals surface area contributed by atoms with Gasteiger partial charge in [0.05, 0.1) is 10.9 Å². The second-order valence-corrected chi connectivity index (χ2v) is 4.35. The fourth-order valence-electron chi connectivity index (χ4n) is 2.01. The molecular weight excluding hydrogens is 262 g/mol. The predicted molar refractivity (Wildman–Crippen MR) is 72.8 cm³/mol. The molecule has 0 bridgehead atoms. The molecule has 0 saturated heterocycles. The highest BCUT2D eigenvalue weighted by Gasteiger charge is 2.09. The molecule has 1 aromatic heterocycles. The number of aromatic amines is 1. The number of nitrogens with zero attached hydrogens (tertiary/aromatic N) is 1. The van der Waals surface area contributed by atoms with Crippen LogP contribution in [0.15, 0.2) is 53.3 Å². The number of hydrogen-bond acceptors (Lipinski definition) is 2. The number of benzene rings is 2. The Morgan fingerprint density at radius 2 is 1.70 bits per heavy atom. The zero-order valence-electron chi connectivity index (χ0n) is 10.3. The number of halogens is 2. The maximum Gasteiger partial charge on any atom is 0.263 e. The average Bonchev–Trinajstić information content (AvgIpc) is 2.47. The zero-order chi connectivity index (χ0) is 14.1. The standard InChI is InChI=1S/C15H10F2N2O/c16-13(17)9-5-7-10(8-6-9)14-18-12-4-2-1-3-11(12)15(20)19-14/h1-8,13H,(H,18,19,20). The van der Waals surface area contributed by atoms with E-state index in [4.69, 9.17) is 0 Å². The molecule has 0 amide bonds. The SMILES string of the molecule is O=c1[nH]c(-c2ccc(C(F)F)cc2)nc2ccccc12. The van der Waals surface area contributed by atoms with Gasteiger partial charge in [-0.15, -0.1) is 0 Å². The summed E-state index contributed by atoms with van der Waals surface area (Å²) in [6.07, 6.45) is -2.51. The van der Waals surface area contributed by atoms with Crippen LogP contribution in [0.4, 0.5) is 8.78 Å². The molecule has 0 unspecified atom stereocenters. The van der Waals surface area contributed by atoms with Crippen LogP contribution in [0.3, 0.4) is 0 Å². The number of alkyl halides is 2. The first-order valence-electron chi connectivity index (χ1n) is 6.03. The summed E-state index contributed by atoms with van der Waals surface area (Å²) in [5.41, 5.74) is 0.863. The number of H-pyrrole nitrogens is 1. The molecule has 0 atom stereocenters. The molecule has 1 N–H and O–H groups in total. The minimum Gasteiger partial charge on any atom is -0.306 e. The van der Waals surface area contributed by atoms with E-state index >= 15 is 0 Å². The van der Waals surface area contributed by atoms with E-state index in [2.05, 4.69) is 9.97 Å². The topological polar surface area (TPSA) is 45.8 Å². The lowest BCUT2D eigenvalue weighted by Crippen LogP contribution is -2.09. The highest BCUT2D eigenvalue weighted by Crippen LogP contribution is 2.22. The van der Waals surface area contributed by atoms with Crippen LogP contribution in [0.25, 0.3) is 22.3 Å². The summed E-state index contributed by atoms with van der Waals surface area (Å²) in [4.78, 5) is 18.9. The Balaban J connectivity index is 2.12. The number of nitrogens with one attached hydrogen (secondary N) is 1. The van der Waals surface area contributed by atoms with E-state index in [9.17, 15) is 13.6 Å². The van der Waals surface area contributed by atoms with E-state index in [1.807, 2.05) is 0 Å². The molecule has 0 aliphatic heterocycles. The van der Waals surface area contributed by atoms with Gasteiger partial charge in [0.25, 0.3) is 12.0 Å². The smallest absolute Gasteiger partial charge is 0.263 e. The number of fused-ring (bicyclic) bond motifs is 1. The molecule has 1 heterocycles. The molecule has 0 aliphatic carbocycles. The van der Waals surface area contributed by atoms with Gasteiger partial charge >= 0.3 is 0 Å². The lowest BCUT2D eigenvalue weighted by atomic mass is 10.1. The summed E-state index contributed by atoms with van der Waals surface area (Å²) in [5, 5.41) is 0.500. The Morgan fingerprint density at radius 3 is 2.40 bits per heavy atom. The number of rotatable bonds is 2. The van der Waals surface area contributed by atoms with Crippen molar-refractivity contribution >= 4 is 10.9 Å². The fraction of sp³-hybridized carbons (Fsp3) is 0.0667. The van der Waals surface area contributed by atoms with Crippen LogP contribution in [-0.2, 0) is 0 Å². The van der Waals surface area contributed by atoms with Crippen LogP contribution in [-0.4, -0.2) is 9.97 Å². The van der Waals surface area contributed by atoms with Gasteiger partial charge in [-0.25, -0.2) is 13.8 Å². The van der Waals surface area contributed by atoms with Gasteiger partial charge in [-0.05, 0) is 12.1 Å². The van der Waals surface area contributed by atoms with Crippen LogP contribution < -0.4 is 5.56 Å². The van der Waals surface area contributed by atoms with Crippen LogP contribution >= 0.6 is 0 Å². The molecular formula is C15H10F2N2O. The van der Waals surface area contributed by atoms with Gasteiger partial charge in [0.2, 0.25) is 0 Å². The van der Waals surface area contributed by atoms with Crippen molar-refractivity contribution in [2.45, 2.75) is 6.43 Å². The fourth-order valence-corrected chi connectivity index (χ4v) is 2.01.